The van der Waals surface area contributed by atoms with Crippen LogP contribution in [0.2, 0.25) is 10.0 Å². The van der Waals surface area contributed by atoms with Crippen molar-refractivity contribution in [1.29, 1.82) is 0 Å². The zero-order chi connectivity index (χ0) is 21.3. The molecule has 0 unspecified atom stereocenters. The summed E-state index contributed by atoms with van der Waals surface area (Å²) in [6, 6.07) is 19.2. The van der Waals surface area contributed by atoms with Crippen LogP contribution in [0, 0.1) is 6.92 Å². The van der Waals surface area contributed by atoms with Crippen LogP contribution in [0.15, 0.2) is 71.5 Å². The highest BCUT2D eigenvalue weighted by molar-refractivity contribution is 6.34. The van der Waals surface area contributed by atoms with Gasteiger partial charge in [-0.25, -0.2) is 4.98 Å². The molecule has 1 heterocycles. The number of halogens is 2. The van der Waals surface area contributed by atoms with E-state index in [1.807, 2.05) is 12.1 Å². The lowest BCUT2D eigenvalue weighted by atomic mass is 10.1. The van der Waals surface area contributed by atoms with E-state index in [9.17, 15) is 9.59 Å². The first-order valence-corrected chi connectivity index (χ1v) is 9.99. The van der Waals surface area contributed by atoms with E-state index in [2.05, 4.69) is 10.3 Å². The van der Waals surface area contributed by atoms with Gasteiger partial charge in [-0.2, -0.15) is 0 Å². The van der Waals surface area contributed by atoms with Crippen molar-refractivity contribution in [3.63, 3.8) is 0 Å². The third kappa shape index (κ3) is 4.08. The molecule has 0 radical (unpaired) electrons. The Labute approximate surface area is 182 Å². The van der Waals surface area contributed by atoms with E-state index >= 15 is 0 Å². The minimum absolute atomic E-state index is 0.179. The molecule has 0 aliphatic carbocycles. The van der Waals surface area contributed by atoms with Crippen molar-refractivity contribution in [3.8, 4) is 0 Å². The zero-order valence-electron chi connectivity index (χ0n) is 16.0. The van der Waals surface area contributed by atoms with Crippen molar-refractivity contribution in [2.45, 2.75) is 13.5 Å². The van der Waals surface area contributed by atoms with Crippen LogP contribution >= 0.6 is 23.2 Å². The lowest BCUT2D eigenvalue weighted by Crippen LogP contribution is -2.24. The van der Waals surface area contributed by atoms with Crippen molar-refractivity contribution < 1.29 is 4.79 Å². The molecule has 1 amide bonds. The van der Waals surface area contributed by atoms with Gasteiger partial charge >= 0.3 is 0 Å². The van der Waals surface area contributed by atoms with Gasteiger partial charge in [-0.1, -0.05) is 47.5 Å². The van der Waals surface area contributed by atoms with Gasteiger partial charge in [0.05, 0.1) is 28.0 Å². The smallest absolute Gasteiger partial charge is 0.261 e. The summed E-state index contributed by atoms with van der Waals surface area (Å²) in [5, 5.41) is 4.21. The number of benzene rings is 3. The number of anilines is 1. The summed E-state index contributed by atoms with van der Waals surface area (Å²) in [5.74, 6) is 0.261. The largest absolute Gasteiger partial charge is 0.322 e. The van der Waals surface area contributed by atoms with E-state index < -0.39 is 0 Å². The fourth-order valence-electron chi connectivity index (χ4n) is 3.21. The van der Waals surface area contributed by atoms with E-state index in [-0.39, 0.29) is 11.5 Å². The van der Waals surface area contributed by atoms with Crippen LogP contribution in [0.5, 0.6) is 0 Å². The number of nitrogens with zero attached hydrogens (tertiary/aromatic N) is 2. The highest BCUT2D eigenvalue weighted by Crippen LogP contribution is 2.20. The topological polar surface area (TPSA) is 64.0 Å². The van der Waals surface area contributed by atoms with Gasteiger partial charge in [-0.3, -0.25) is 14.2 Å². The zero-order valence-corrected chi connectivity index (χ0v) is 17.5. The minimum atomic E-state index is -0.346. The second kappa shape index (κ2) is 8.30. The van der Waals surface area contributed by atoms with Gasteiger partial charge in [0.25, 0.3) is 11.5 Å². The average molecular weight is 438 g/mol. The molecule has 1 aromatic heterocycles. The van der Waals surface area contributed by atoms with Crippen molar-refractivity contribution >= 4 is 45.7 Å². The number of carbonyl (C=O) groups excluding carboxylic acids is 1. The Morgan fingerprint density at radius 3 is 2.50 bits per heavy atom. The maximum atomic E-state index is 13.1. The molecule has 3 aromatic carbocycles. The molecule has 0 saturated carbocycles. The Bertz CT molecular complexity index is 1310. The molecule has 1 N–H and O–H groups in total. The van der Waals surface area contributed by atoms with Crippen LogP contribution in [0.4, 0.5) is 5.69 Å². The lowest BCUT2D eigenvalue weighted by molar-refractivity contribution is 0.102. The fourth-order valence-corrected chi connectivity index (χ4v) is 3.56. The first-order valence-electron chi connectivity index (χ1n) is 9.24. The number of hydrogen-bond acceptors (Lipinski definition) is 3. The molecular formula is C23H17Cl2N3O2. The van der Waals surface area contributed by atoms with Gasteiger partial charge in [0.2, 0.25) is 0 Å². The highest BCUT2D eigenvalue weighted by atomic mass is 35.5. The summed E-state index contributed by atoms with van der Waals surface area (Å²) >= 11 is 12.0. The number of amides is 1. The fraction of sp³-hybridized carbons (Fsp3) is 0.0870. The molecule has 0 fully saturated rings. The molecule has 5 nitrogen and oxygen atoms in total. The van der Waals surface area contributed by atoms with Crippen molar-refractivity contribution in [2.24, 2.45) is 0 Å². The van der Waals surface area contributed by atoms with E-state index in [1.54, 1.807) is 66.1 Å². The maximum Gasteiger partial charge on any atom is 0.261 e. The number of nitrogens with one attached hydrogen (secondary N) is 1. The summed E-state index contributed by atoms with van der Waals surface area (Å²) in [7, 11) is 0. The van der Waals surface area contributed by atoms with Crippen molar-refractivity contribution in [3.05, 3.63) is 104 Å². The van der Waals surface area contributed by atoms with E-state index in [0.29, 0.717) is 44.6 Å². The second-order valence-electron chi connectivity index (χ2n) is 6.84. The predicted octanol–water partition coefficient (Wildman–Crippen LogP) is 5.31. The molecule has 0 bridgehead atoms. The molecule has 4 rings (SSSR count). The van der Waals surface area contributed by atoms with Crippen LogP contribution in [0.3, 0.4) is 0 Å². The number of carbonyl (C=O) groups is 1. The molecule has 0 aliphatic heterocycles. The van der Waals surface area contributed by atoms with Crippen LogP contribution in [-0.4, -0.2) is 15.5 Å². The number of hydrogen-bond donors (Lipinski definition) is 1. The Kier molecular flexibility index (Phi) is 5.57. The lowest BCUT2D eigenvalue weighted by Gasteiger charge is -2.12. The average Bonchev–Trinajstić information content (AvgIpc) is 2.73. The predicted molar refractivity (Wildman–Crippen MR) is 121 cm³/mol. The molecular weight excluding hydrogens is 421 g/mol. The molecule has 0 spiro atoms. The number of aryl methyl sites for hydroxylation is 1. The molecule has 150 valence electrons. The Morgan fingerprint density at radius 2 is 1.77 bits per heavy atom. The SMILES string of the molecule is Cc1nc2ccc(NC(=O)c3ccccc3Cl)cc2c(=O)n1Cc1ccc(Cl)cc1. The van der Waals surface area contributed by atoms with Crippen LogP contribution in [0.1, 0.15) is 21.7 Å². The monoisotopic (exact) mass is 437 g/mol. The summed E-state index contributed by atoms with van der Waals surface area (Å²) in [4.78, 5) is 30.2. The van der Waals surface area contributed by atoms with Gasteiger partial charge in [-0.15, -0.1) is 0 Å². The normalized spacial score (nSPS) is 10.9. The number of rotatable bonds is 4. The van der Waals surface area contributed by atoms with Gasteiger partial charge < -0.3 is 5.32 Å². The number of fused-ring (bicyclic) bond motifs is 1. The summed E-state index contributed by atoms with van der Waals surface area (Å²) in [6.45, 7) is 2.17. The second-order valence-corrected chi connectivity index (χ2v) is 7.69. The maximum absolute atomic E-state index is 13.1. The number of aromatic nitrogens is 2. The van der Waals surface area contributed by atoms with Crippen molar-refractivity contribution in [2.75, 3.05) is 5.32 Å². The highest BCUT2D eigenvalue weighted by Gasteiger charge is 2.13. The van der Waals surface area contributed by atoms with E-state index in [4.69, 9.17) is 23.2 Å². The standard InChI is InChI=1S/C23H17Cl2N3O2/c1-14-26-21-11-10-17(27-22(29)18-4-2-3-5-20(18)25)12-19(21)23(30)28(14)13-15-6-8-16(24)9-7-15/h2-12H,13H2,1H3,(H,27,29). The van der Waals surface area contributed by atoms with Gasteiger partial charge in [0.15, 0.2) is 0 Å². The molecule has 7 heteroatoms. The quantitative estimate of drug-likeness (QED) is 0.470. The molecule has 0 aliphatic rings. The third-order valence-corrected chi connectivity index (χ3v) is 5.36. The molecule has 4 aromatic rings. The van der Waals surface area contributed by atoms with Gasteiger partial charge in [0, 0.05) is 10.7 Å². The van der Waals surface area contributed by atoms with Crippen LogP contribution in [-0.2, 0) is 6.54 Å². The van der Waals surface area contributed by atoms with E-state index in [1.165, 1.54) is 0 Å². The third-order valence-electron chi connectivity index (χ3n) is 4.78. The van der Waals surface area contributed by atoms with E-state index in [0.717, 1.165) is 5.56 Å². The molecule has 30 heavy (non-hydrogen) atoms. The van der Waals surface area contributed by atoms with Gasteiger partial charge in [0.1, 0.15) is 5.82 Å². The van der Waals surface area contributed by atoms with Crippen LogP contribution in [0.25, 0.3) is 10.9 Å². The Morgan fingerprint density at radius 1 is 1.03 bits per heavy atom. The summed E-state index contributed by atoms with van der Waals surface area (Å²) in [6.07, 6.45) is 0. The Balaban J connectivity index is 1.69. The summed E-state index contributed by atoms with van der Waals surface area (Å²) < 4.78 is 1.60. The summed E-state index contributed by atoms with van der Waals surface area (Å²) in [5.41, 5.74) is 2.19. The first-order chi connectivity index (χ1) is 14.4. The first kappa shape index (κ1) is 20.1. The molecule has 0 saturated heterocycles. The van der Waals surface area contributed by atoms with Crippen LogP contribution < -0.4 is 10.9 Å². The molecule has 0 atom stereocenters. The minimum Gasteiger partial charge on any atom is -0.322 e. The Hall–Kier alpha value is -3.15. The van der Waals surface area contributed by atoms with Crippen molar-refractivity contribution in [1.82, 2.24) is 9.55 Å². The van der Waals surface area contributed by atoms with Gasteiger partial charge in [-0.05, 0) is 55.0 Å².